The zero-order chi connectivity index (χ0) is 12.4. The molecule has 6 heteroatoms. The maximum atomic E-state index is 11.5. The molecule has 4 N–H and O–H groups in total. The summed E-state index contributed by atoms with van der Waals surface area (Å²) < 4.78 is 0. The summed E-state index contributed by atoms with van der Waals surface area (Å²) in [4.78, 5) is 24.6. The number of carboxylic acids is 1. The fourth-order valence-electron chi connectivity index (χ4n) is 1.49. The predicted octanol–water partition coefficient (Wildman–Crippen LogP) is 0.688. The van der Waals surface area contributed by atoms with Crippen LogP contribution in [-0.2, 0) is 4.79 Å². The molecular weight excluding hydrogens is 224 g/mol. The fourth-order valence-corrected chi connectivity index (χ4v) is 1.49. The van der Waals surface area contributed by atoms with Gasteiger partial charge in [-0.2, -0.15) is 0 Å². The van der Waals surface area contributed by atoms with Gasteiger partial charge in [-0.15, -0.1) is 0 Å². The smallest absolute Gasteiger partial charge is 0.322 e. The van der Waals surface area contributed by atoms with E-state index in [0.717, 1.165) is 5.39 Å². The second-order valence-electron chi connectivity index (χ2n) is 3.53. The maximum absolute atomic E-state index is 11.5. The highest BCUT2D eigenvalue weighted by atomic mass is 16.4. The molecule has 0 aliphatic carbocycles. The first-order valence-electron chi connectivity index (χ1n) is 4.88. The standard InChI is InChI=1S/C11H10N2O4/c14-7-2-1-6-3-9(13-8(6)4-7)11(17)12-5-10(15)16/h1-4,13-14H,5H2,(H,12,17)(H,15,16). The van der Waals surface area contributed by atoms with Crippen LogP contribution in [0.5, 0.6) is 5.75 Å². The van der Waals surface area contributed by atoms with Crippen molar-refractivity contribution in [1.82, 2.24) is 10.3 Å². The van der Waals surface area contributed by atoms with Crippen molar-refractivity contribution in [3.8, 4) is 5.75 Å². The number of benzene rings is 1. The van der Waals surface area contributed by atoms with Crippen molar-refractivity contribution in [2.24, 2.45) is 0 Å². The van der Waals surface area contributed by atoms with Crippen LogP contribution in [-0.4, -0.2) is 33.6 Å². The largest absolute Gasteiger partial charge is 0.508 e. The molecule has 0 aliphatic heterocycles. The lowest BCUT2D eigenvalue weighted by Gasteiger charge is -1.98. The van der Waals surface area contributed by atoms with Gasteiger partial charge in [0.2, 0.25) is 0 Å². The molecule has 1 aromatic heterocycles. The van der Waals surface area contributed by atoms with Crippen molar-refractivity contribution in [3.05, 3.63) is 30.0 Å². The average molecular weight is 234 g/mol. The first kappa shape index (κ1) is 11.0. The van der Waals surface area contributed by atoms with E-state index in [0.29, 0.717) is 5.52 Å². The molecule has 1 aromatic carbocycles. The lowest BCUT2D eigenvalue weighted by Crippen LogP contribution is -2.29. The van der Waals surface area contributed by atoms with E-state index >= 15 is 0 Å². The number of fused-ring (bicyclic) bond motifs is 1. The Bertz CT molecular complexity index is 588. The lowest BCUT2D eigenvalue weighted by molar-refractivity contribution is -0.135. The number of rotatable bonds is 3. The maximum Gasteiger partial charge on any atom is 0.322 e. The second-order valence-corrected chi connectivity index (χ2v) is 3.53. The van der Waals surface area contributed by atoms with Crippen molar-refractivity contribution in [2.45, 2.75) is 0 Å². The van der Waals surface area contributed by atoms with Gasteiger partial charge in [-0.3, -0.25) is 9.59 Å². The Kier molecular flexibility index (Phi) is 2.70. The minimum Gasteiger partial charge on any atom is -0.508 e. The lowest BCUT2D eigenvalue weighted by atomic mass is 10.2. The third-order valence-electron chi connectivity index (χ3n) is 2.25. The van der Waals surface area contributed by atoms with Gasteiger partial charge in [-0.25, -0.2) is 0 Å². The fraction of sp³-hybridized carbons (Fsp3) is 0.0909. The summed E-state index contributed by atoms with van der Waals surface area (Å²) in [6.07, 6.45) is 0. The summed E-state index contributed by atoms with van der Waals surface area (Å²) in [7, 11) is 0. The SMILES string of the molecule is O=C(O)CNC(=O)c1cc2ccc(O)cc2[nH]1. The van der Waals surface area contributed by atoms with Crippen LogP contribution >= 0.6 is 0 Å². The highest BCUT2D eigenvalue weighted by Gasteiger charge is 2.10. The summed E-state index contributed by atoms with van der Waals surface area (Å²) in [6, 6.07) is 6.25. The number of carbonyl (C=O) groups is 2. The molecule has 0 fully saturated rings. The number of hydrogen-bond donors (Lipinski definition) is 4. The van der Waals surface area contributed by atoms with Gasteiger partial charge in [0.25, 0.3) is 5.91 Å². The molecule has 0 atom stereocenters. The Labute approximate surface area is 95.9 Å². The van der Waals surface area contributed by atoms with Gasteiger partial charge < -0.3 is 20.5 Å². The molecule has 6 nitrogen and oxygen atoms in total. The highest BCUT2D eigenvalue weighted by Crippen LogP contribution is 2.20. The number of H-pyrrole nitrogens is 1. The van der Waals surface area contributed by atoms with Crippen LogP contribution in [0.1, 0.15) is 10.5 Å². The Morgan fingerprint density at radius 1 is 1.29 bits per heavy atom. The minimum absolute atomic E-state index is 0.0943. The van der Waals surface area contributed by atoms with Crippen LogP contribution in [0, 0.1) is 0 Å². The summed E-state index contributed by atoms with van der Waals surface area (Å²) in [5.41, 5.74) is 0.873. The Morgan fingerprint density at radius 3 is 2.76 bits per heavy atom. The van der Waals surface area contributed by atoms with Gasteiger partial charge in [-0.1, -0.05) is 0 Å². The number of aromatic amines is 1. The zero-order valence-corrected chi connectivity index (χ0v) is 8.73. The molecule has 0 saturated carbocycles. The third-order valence-corrected chi connectivity index (χ3v) is 2.25. The molecule has 2 rings (SSSR count). The van der Waals surface area contributed by atoms with Gasteiger partial charge >= 0.3 is 5.97 Å². The molecule has 0 bridgehead atoms. The number of nitrogens with one attached hydrogen (secondary N) is 2. The van der Waals surface area contributed by atoms with Crippen LogP contribution in [0.4, 0.5) is 0 Å². The average Bonchev–Trinajstić information content (AvgIpc) is 2.68. The number of phenols is 1. The number of carbonyl (C=O) groups excluding carboxylic acids is 1. The van der Waals surface area contributed by atoms with Crippen LogP contribution in [0.2, 0.25) is 0 Å². The third kappa shape index (κ3) is 2.36. The zero-order valence-electron chi connectivity index (χ0n) is 8.73. The summed E-state index contributed by atoms with van der Waals surface area (Å²) >= 11 is 0. The van der Waals surface area contributed by atoms with Crippen molar-refractivity contribution in [1.29, 1.82) is 0 Å². The number of phenolic OH excluding ortho intramolecular Hbond substituents is 1. The number of hydrogen-bond acceptors (Lipinski definition) is 3. The molecule has 0 spiro atoms. The number of carboxylic acid groups (broad SMARTS) is 1. The monoisotopic (exact) mass is 234 g/mol. The topological polar surface area (TPSA) is 102 Å². The molecule has 2 aromatic rings. The number of aromatic nitrogens is 1. The molecule has 0 radical (unpaired) electrons. The summed E-state index contributed by atoms with van der Waals surface area (Å²) in [5, 5.41) is 20.7. The normalized spacial score (nSPS) is 10.4. The van der Waals surface area contributed by atoms with E-state index in [-0.39, 0.29) is 11.4 Å². The van der Waals surface area contributed by atoms with Crippen LogP contribution in [0.3, 0.4) is 0 Å². The molecular formula is C11H10N2O4. The first-order chi connectivity index (χ1) is 8.06. The van der Waals surface area contributed by atoms with Crippen molar-refractivity contribution in [3.63, 3.8) is 0 Å². The van der Waals surface area contributed by atoms with E-state index in [4.69, 9.17) is 5.11 Å². The second kappa shape index (κ2) is 4.17. The van der Waals surface area contributed by atoms with Crippen molar-refractivity contribution >= 4 is 22.8 Å². The van der Waals surface area contributed by atoms with E-state index in [1.165, 1.54) is 12.1 Å². The van der Waals surface area contributed by atoms with Crippen LogP contribution < -0.4 is 5.32 Å². The van der Waals surface area contributed by atoms with Gasteiger partial charge in [0.1, 0.15) is 18.0 Å². The van der Waals surface area contributed by atoms with Crippen LogP contribution in [0.25, 0.3) is 10.9 Å². The summed E-state index contributed by atoms with van der Waals surface area (Å²) in [5.74, 6) is -1.51. The first-order valence-corrected chi connectivity index (χ1v) is 4.88. The van der Waals surface area contributed by atoms with Gasteiger partial charge in [0.05, 0.1) is 0 Å². The van der Waals surface area contributed by atoms with Crippen molar-refractivity contribution in [2.75, 3.05) is 6.54 Å². The molecule has 0 unspecified atom stereocenters. The van der Waals surface area contributed by atoms with Crippen molar-refractivity contribution < 1.29 is 19.8 Å². The van der Waals surface area contributed by atoms with E-state index in [1.54, 1.807) is 12.1 Å². The molecule has 1 heterocycles. The predicted molar refractivity (Wildman–Crippen MR) is 59.9 cm³/mol. The summed E-state index contributed by atoms with van der Waals surface area (Å²) in [6.45, 7) is -0.431. The van der Waals surface area contributed by atoms with E-state index in [9.17, 15) is 14.7 Å². The highest BCUT2D eigenvalue weighted by molar-refractivity contribution is 5.99. The Balaban J connectivity index is 2.24. The molecule has 88 valence electrons. The van der Waals surface area contributed by atoms with Gasteiger partial charge in [0.15, 0.2) is 0 Å². The number of aliphatic carboxylic acids is 1. The molecule has 1 amide bonds. The molecule has 17 heavy (non-hydrogen) atoms. The quantitative estimate of drug-likeness (QED) is 0.627. The van der Waals surface area contributed by atoms with E-state index in [1.807, 2.05) is 0 Å². The van der Waals surface area contributed by atoms with Gasteiger partial charge in [-0.05, 0) is 18.2 Å². The van der Waals surface area contributed by atoms with E-state index in [2.05, 4.69) is 10.3 Å². The minimum atomic E-state index is -1.10. The molecule has 0 saturated heterocycles. The Hall–Kier alpha value is -2.50. The van der Waals surface area contributed by atoms with Gasteiger partial charge in [0, 0.05) is 17.0 Å². The Morgan fingerprint density at radius 2 is 2.06 bits per heavy atom. The number of aromatic hydroxyl groups is 1. The number of amides is 1. The molecule has 0 aliphatic rings. The van der Waals surface area contributed by atoms with Crippen LogP contribution in [0.15, 0.2) is 24.3 Å². The van der Waals surface area contributed by atoms with E-state index < -0.39 is 18.4 Å².